The molecule has 2 heterocycles. The molecule has 0 saturated carbocycles. The third kappa shape index (κ3) is 7.44. The van der Waals surface area contributed by atoms with E-state index in [1.807, 2.05) is 41.3 Å². The Hall–Kier alpha value is -3.84. The fourth-order valence-electron chi connectivity index (χ4n) is 6.31. The lowest BCUT2D eigenvalue weighted by Crippen LogP contribution is -2.54. The normalized spacial score (nSPS) is 16.8. The number of nitrogens with two attached hydrogens (primary N) is 1. The molecule has 0 radical (unpaired) electrons. The number of hydrogen-bond acceptors (Lipinski definition) is 5. The fraction of sp³-hybridized carbons (Fsp3) is 0.394. The summed E-state index contributed by atoms with van der Waals surface area (Å²) in [6, 6.07) is 18.5. The van der Waals surface area contributed by atoms with Gasteiger partial charge in [0.15, 0.2) is 0 Å². The maximum atomic E-state index is 14.1. The zero-order valence-electron chi connectivity index (χ0n) is 24.5. The lowest BCUT2D eigenvalue weighted by Gasteiger charge is -2.40. The van der Waals surface area contributed by atoms with E-state index in [1.54, 1.807) is 18.2 Å². The summed E-state index contributed by atoms with van der Waals surface area (Å²) in [4.78, 5) is 44.5. The smallest absolute Gasteiger partial charge is 0.317 e. The molecule has 1 atom stereocenters. The van der Waals surface area contributed by atoms with E-state index in [2.05, 4.69) is 16.3 Å². The molecule has 2 saturated heterocycles. The number of rotatable bonds is 10. The Bertz CT molecular complexity index is 1580. The van der Waals surface area contributed by atoms with Crippen molar-refractivity contribution in [1.82, 2.24) is 20.0 Å². The Morgan fingerprint density at radius 1 is 1.07 bits per heavy atom. The molecule has 0 aromatic heterocycles. The first-order valence-corrected chi connectivity index (χ1v) is 15.7. The SMILES string of the molecule is N#Cc1cc(C(=O)N(CC(N)=O)CC(CCN2CCC(N3CCCNC3=O)CC2)c2ccc(Cl)c(Cl)c2)c2ccccc2c1. The number of fused-ring (bicyclic) bond motifs is 1. The molecular formula is C33H36Cl2N6O3. The second kappa shape index (κ2) is 14.3. The van der Waals surface area contributed by atoms with Crippen molar-refractivity contribution in [2.45, 2.75) is 37.6 Å². The van der Waals surface area contributed by atoms with Gasteiger partial charge in [0.1, 0.15) is 0 Å². The van der Waals surface area contributed by atoms with E-state index in [-0.39, 0.29) is 37.0 Å². The van der Waals surface area contributed by atoms with Gasteiger partial charge in [-0.25, -0.2) is 4.79 Å². The third-order valence-corrected chi connectivity index (χ3v) is 9.35. The van der Waals surface area contributed by atoms with Crippen molar-refractivity contribution in [1.29, 1.82) is 5.26 Å². The van der Waals surface area contributed by atoms with Gasteiger partial charge < -0.3 is 25.8 Å². The highest BCUT2D eigenvalue weighted by Gasteiger charge is 2.30. The number of nitriles is 1. The van der Waals surface area contributed by atoms with Crippen LogP contribution in [0.25, 0.3) is 10.8 Å². The summed E-state index contributed by atoms with van der Waals surface area (Å²) in [6.45, 7) is 3.96. The van der Waals surface area contributed by atoms with Crippen molar-refractivity contribution >= 4 is 51.8 Å². The van der Waals surface area contributed by atoms with Crippen LogP contribution in [-0.2, 0) is 4.79 Å². The monoisotopic (exact) mass is 634 g/mol. The predicted molar refractivity (Wildman–Crippen MR) is 172 cm³/mol. The molecule has 3 aromatic carbocycles. The number of benzene rings is 3. The maximum Gasteiger partial charge on any atom is 0.317 e. The number of nitrogens with zero attached hydrogens (tertiary/aromatic N) is 4. The molecule has 3 aromatic rings. The highest BCUT2D eigenvalue weighted by molar-refractivity contribution is 6.42. The predicted octanol–water partition coefficient (Wildman–Crippen LogP) is 5.00. The summed E-state index contributed by atoms with van der Waals surface area (Å²) in [6.07, 6.45) is 3.46. The van der Waals surface area contributed by atoms with Crippen LogP contribution in [0.15, 0.2) is 54.6 Å². The summed E-state index contributed by atoms with van der Waals surface area (Å²) in [5.41, 5.74) is 7.25. The number of amides is 4. The maximum absolute atomic E-state index is 14.1. The van der Waals surface area contributed by atoms with Gasteiger partial charge in [0.2, 0.25) is 5.91 Å². The lowest BCUT2D eigenvalue weighted by molar-refractivity contribution is -0.118. The van der Waals surface area contributed by atoms with Gasteiger partial charge in [0.05, 0.1) is 28.2 Å². The number of hydrogen-bond donors (Lipinski definition) is 2. The second-order valence-electron chi connectivity index (χ2n) is 11.5. The van der Waals surface area contributed by atoms with Gasteiger partial charge in [-0.05, 0) is 72.8 Å². The summed E-state index contributed by atoms with van der Waals surface area (Å²) in [5.74, 6) is -1.18. The summed E-state index contributed by atoms with van der Waals surface area (Å²) < 4.78 is 0. The molecule has 3 N–H and O–H groups in total. The van der Waals surface area contributed by atoms with E-state index >= 15 is 0 Å². The van der Waals surface area contributed by atoms with Gasteiger partial charge in [0, 0.05) is 50.2 Å². The van der Waals surface area contributed by atoms with Crippen molar-refractivity contribution in [3.8, 4) is 6.07 Å². The Morgan fingerprint density at radius 3 is 2.55 bits per heavy atom. The number of carbonyl (C=O) groups excluding carboxylic acids is 3. The number of likely N-dealkylation sites (tertiary alicyclic amines) is 1. The number of nitrogens with one attached hydrogen (secondary N) is 1. The highest BCUT2D eigenvalue weighted by Crippen LogP contribution is 2.31. The largest absolute Gasteiger partial charge is 0.368 e. The molecule has 11 heteroatoms. The molecule has 2 fully saturated rings. The molecule has 230 valence electrons. The number of piperidine rings is 1. The molecule has 0 aliphatic carbocycles. The summed E-state index contributed by atoms with van der Waals surface area (Å²) in [5, 5.41) is 14.9. The third-order valence-electron chi connectivity index (χ3n) is 8.62. The van der Waals surface area contributed by atoms with Crippen LogP contribution in [0, 0.1) is 11.3 Å². The van der Waals surface area contributed by atoms with Crippen molar-refractivity contribution < 1.29 is 14.4 Å². The molecule has 4 amide bonds. The minimum absolute atomic E-state index is 0.0293. The Balaban J connectivity index is 1.36. The topological polar surface area (TPSA) is 123 Å². The summed E-state index contributed by atoms with van der Waals surface area (Å²) in [7, 11) is 0. The molecule has 0 bridgehead atoms. The van der Waals surface area contributed by atoms with Crippen molar-refractivity contribution in [2.75, 3.05) is 45.8 Å². The molecular weight excluding hydrogens is 599 g/mol. The minimum Gasteiger partial charge on any atom is -0.368 e. The van der Waals surface area contributed by atoms with E-state index in [9.17, 15) is 19.6 Å². The first-order chi connectivity index (χ1) is 21.2. The molecule has 1 unspecified atom stereocenters. The average Bonchev–Trinajstić information content (AvgIpc) is 3.03. The Kier molecular flexibility index (Phi) is 10.3. The van der Waals surface area contributed by atoms with Gasteiger partial charge in [-0.1, -0.05) is 53.5 Å². The minimum atomic E-state index is -0.629. The van der Waals surface area contributed by atoms with Crippen LogP contribution in [0.4, 0.5) is 4.79 Å². The van der Waals surface area contributed by atoms with E-state index in [0.717, 1.165) is 62.9 Å². The molecule has 44 heavy (non-hydrogen) atoms. The second-order valence-corrected chi connectivity index (χ2v) is 12.3. The van der Waals surface area contributed by atoms with Crippen molar-refractivity contribution in [2.24, 2.45) is 5.73 Å². The van der Waals surface area contributed by atoms with Crippen molar-refractivity contribution in [3.05, 3.63) is 81.3 Å². The van der Waals surface area contributed by atoms with Crippen LogP contribution in [0.1, 0.15) is 53.1 Å². The highest BCUT2D eigenvalue weighted by atomic mass is 35.5. The van der Waals surface area contributed by atoms with E-state index < -0.39 is 5.91 Å². The molecule has 5 rings (SSSR count). The van der Waals surface area contributed by atoms with Crippen molar-refractivity contribution in [3.63, 3.8) is 0 Å². The van der Waals surface area contributed by atoms with Crippen LogP contribution in [0.2, 0.25) is 10.0 Å². The fourth-order valence-corrected chi connectivity index (χ4v) is 6.62. The van der Waals surface area contributed by atoms with Gasteiger partial charge in [-0.3, -0.25) is 9.59 Å². The first-order valence-electron chi connectivity index (χ1n) is 15.0. The standard InChI is InChI=1S/C33H36Cl2N6O3/c34-29-7-6-23(18-30(29)35)25(8-13-39-14-9-26(10-15-39)41-12-3-11-38-33(41)44)20-40(21-31(37)42)32(43)28-17-22(19-36)16-24-4-1-2-5-27(24)28/h1-2,4-7,16-18,25-26H,3,8-15,20-21H2,(H2,37,42)(H,38,44). The molecule has 2 aliphatic rings. The van der Waals surface area contributed by atoms with E-state index in [1.165, 1.54) is 4.90 Å². The number of carbonyl (C=O) groups is 3. The lowest BCUT2D eigenvalue weighted by atomic mass is 9.93. The number of primary amides is 1. The van der Waals surface area contributed by atoms with Gasteiger partial charge in [-0.15, -0.1) is 0 Å². The Morgan fingerprint density at radius 2 is 1.84 bits per heavy atom. The molecule has 0 spiro atoms. The van der Waals surface area contributed by atoms with Gasteiger partial charge >= 0.3 is 6.03 Å². The van der Waals surface area contributed by atoms with Crippen LogP contribution in [0.3, 0.4) is 0 Å². The van der Waals surface area contributed by atoms with E-state index in [4.69, 9.17) is 28.9 Å². The van der Waals surface area contributed by atoms with Crippen LogP contribution in [0.5, 0.6) is 0 Å². The average molecular weight is 636 g/mol. The summed E-state index contributed by atoms with van der Waals surface area (Å²) >= 11 is 12.7. The van der Waals surface area contributed by atoms with Gasteiger partial charge in [-0.2, -0.15) is 5.26 Å². The van der Waals surface area contributed by atoms with Crippen LogP contribution >= 0.6 is 23.2 Å². The van der Waals surface area contributed by atoms with Crippen LogP contribution < -0.4 is 11.1 Å². The van der Waals surface area contributed by atoms with E-state index in [0.29, 0.717) is 33.0 Å². The molecule has 9 nitrogen and oxygen atoms in total. The Labute approximate surface area is 267 Å². The molecule has 2 aliphatic heterocycles. The quantitative estimate of drug-likeness (QED) is 0.325. The number of halogens is 2. The zero-order chi connectivity index (χ0) is 31.2. The van der Waals surface area contributed by atoms with Crippen LogP contribution in [-0.4, -0.2) is 84.4 Å². The zero-order valence-corrected chi connectivity index (χ0v) is 26.0. The van der Waals surface area contributed by atoms with Gasteiger partial charge in [0.25, 0.3) is 5.91 Å². The number of urea groups is 1. The first kappa shape index (κ1) is 31.6.